The van der Waals surface area contributed by atoms with Crippen LogP contribution in [0.3, 0.4) is 0 Å². The van der Waals surface area contributed by atoms with Crippen LogP contribution in [-0.2, 0) is 0 Å². The van der Waals surface area contributed by atoms with Crippen LogP contribution in [0.25, 0.3) is 0 Å². The summed E-state index contributed by atoms with van der Waals surface area (Å²) in [6, 6.07) is 12.1. The zero-order chi connectivity index (χ0) is 13.8. The summed E-state index contributed by atoms with van der Waals surface area (Å²) in [6.45, 7) is 1.47. The van der Waals surface area contributed by atoms with Crippen molar-refractivity contribution in [3.8, 4) is 0 Å². The van der Waals surface area contributed by atoms with E-state index in [-0.39, 0.29) is 11.5 Å². The monoisotopic (exact) mass is 291 g/mol. The zero-order valence-corrected chi connectivity index (χ0v) is 11.7. The maximum atomic E-state index is 11.6. The molecule has 0 aliphatic carbocycles. The molecule has 0 spiro atoms. The first-order chi connectivity index (χ1) is 9.11. The Morgan fingerprint density at radius 1 is 1.16 bits per heavy atom. The fourth-order valence-electron chi connectivity index (χ4n) is 1.60. The van der Waals surface area contributed by atoms with Gasteiger partial charge in [-0.3, -0.25) is 4.79 Å². The van der Waals surface area contributed by atoms with Gasteiger partial charge in [-0.25, -0.2) is 0 Å². The van der Waals surface area contributed by atoms with Crippen LogP contribution in [0, 0.1) is 4.91 Å². The second kappa shape index (κ2) is 5.99. The second-order valence-electron chi connectivity index (χ2n) is 3.86. The number of carbonyl (C=O) groups excluding carboxylic acids is 1. The Balaban J connectivity index is 2.45. The summed E-state index contributed by atoms with van der Waals surface area (Å²) in [4.78, 5) is 23.9. The van der Waals surface area contributed by atoms with Crippen LogP contribution in [0.15, 0.2) is 57.4 Å². The molecule has 0 atom stereocenters. The van der Waals surface area contributed by atoms with Gasteiger partial charge >= 0.3 is 0 Å². The molecule has 0 fully saturated rings. The summed E-state index contributed by atoms with van der Waals surface area (Å²) in [7, 11) is 0. The van der Waals surface area contributed by atoms with Crippen LogP contribution in [-0.4, -0.2) is 5.78 Å². The highest BCUT2D eigenvalue weighted by Gasteiger charge is 2.13. The van der Waals surface area contributed by atoms with Crippen LogP contribution >= 0.6 is 23.4 Å². The minimum atomic E-state index is -0.0954. The Morgan fingerprint density at radius 3 is 2.42 bits per heavy atom. The molecule has 19 heavy (non-hydrogen) atoms. The summed E-state index contributed by atoms with van der Waals surface area (Å²) >= 11 is 7.15. The number of Topliss-reactive ketones (excluding diaryl/α,β-unsaturated/α-hetero) is 1. The van der Waals surface area contributed by atoms with Gasteiger partial charge in [0.05, 0.1) is 4.90 Å². The first-order valence-corrected chi connectivity index (χ1v) is 6.72. The summed E-state index contributed by atoms with van der Waals surface area (Å²) < 4.78 is 0. The van der Waals surface area contributed by atoms with Crippen LogP contribution < -0.4 is 0 Å². The SMILES string of the molecule is CC(=O)c1cccc(N=O)c1Sc1ccc(Cl)cc1. The molecule has 0 bridgehead atoms. The summed E-state index contributed by atoms with van der Waals surface area (Å²) in [5.74, 6) is -0.0954. The molecule has 2 aromatic rings. The molecule has 2 aromatic carbocycles. The number of nitroso groups, excluding NO2 is 1. The first-order valence-electron chi connectivity index (χ1n) is 5.52. The van der Waals surface area contributed by atoms with Crippen molar-refractivity contribution in [3.63, 3.8) is 0 Å². The lowest BCUT2D eigenvalue weighted by Gasteiger charge is -2.08. The van der Waals surface area contributed by atoms with E-state index in [4.69, 9.17) is 11.6 Å². The van der Waals surface area contributed by atoms with Crippen LogP contribution in [0.4, 0.5) is 5.69 Å². The van der Waals surface area contributed by atoms with E-state index in [2.05, 4.69) is 5.18 Å². The van der Waals surface area contributed by atoms with E-state index in [1.807, 2.05) is 12.1 Å². The number of halogens is 1. The molecular formula is C14H10ClNO2S. The fourth-order valence-corrected chi connectivity index (χ4v) is 2.77. The second-order valence-corrected chi connectivity index (χ2v) is 5.38. The molecular weight excluding hydrogens is 282 g/mol. The molecule has 0 saturated carbocycles. The lowest BCUT2D eigenvalue weighted by molar-refractivity contribution is 0.101. The predicted molar refractivity (Wildman–Crippen MR) is 77.5 cm³/mol. The molecule has 0 aromatic heterocycles. The standard InChI is InChI=1S/C14H10ClNO2S/c1-9(17)12-3-2-4-13(16-18)14(12)19-11-7-5-10(15)6-8-11/h2-8H,1H3. The number of carbonyl (C=O) groups is 1. The first kappa shape index (κ1) is 13.8. The highest BCUT2D eigenvalue weighted by Crippen LogP contribution is 2.38. The number of ketones is 1. The van der Waals surface area contributed by atoms with Crippen molar-refractivity contribution in [1.82, 2.24) is 0 Å². The lowest BCUT2D eigenvalue weighted by Crippen LogP contribution is -1.95. The van der Waals surface area contributed by atoms with Crippen molar-refractivity contribution in [2.75, 3.05) is 0 Å². The van der Waals surface area contributed by atoms with E-state index >= 15 is 0 Å². The molecule has 5 heteroatoms. The molecule has 0 radical (unpaired) electrons. The van der Waals surface area contributed by atoms with Gasteiger partial charge in [0.1, 0.15) is 5.69 Å². The van der Waals surface area contributed by atoms with Gasteiger partial charge in [-0.2, -0.15) is 0 Å². The van der Waals surface area contributed by atoms with Crippen molar-refractivity contribution in [3.05, 3.63) is 58.0 Å². The van der Waals surface area contributed by atoms with Gasteiger partial charge in [-0.05, 0) is 42.4 Å². The van der Waals surface area contributed by atoms with Crippen molar-refractivity contribution >= 4 is 34.8 Å². The Hall–Kier alpha value is -1.65. The topological polar surface area (TPSA) is 46.5 Å². The average Bonchev–Trinajstić information content (AvgIpc) is 2.41. The van der Waals surface area contributed by atoms with Crippen molar-refractivity contribution in [2.24, 2.45) is 5.18 Å². The minimum Gasteiger partial charge on any atom is -0.294 e. The maximum Gasteiger partial charge on any atom is 0.161 e. The number of hydrogen-bond donors (Lipinski definition) is 0. The average molecular weight is 292 g/mol. The molecule has 0 N–H and O–H groups in total. The van der Waals surface area contributed by atoms with Crippen molar-refractivity contribution in [1.29, 1.82) is 0 Å². The van der Waals surface area contributed by atoms with Gasteiger partial charge in [0, 0.05) is 15.5 Å². The summed E-state index contributed by atoms with van der Waals surface area (Å²) in [5.41, 5.74) is 0.768. The van der Waals surface area contributed by atoms with E-state index in [1.54, 1.807) is 30.3 Å². The van der Waals surface area contributed by atoms with E-state index < -0.39 is 0 Å². The smallest absolute Gasteiger partial charge is 0.161 e. The highest BCUT2D eigenvalue weighted by molar-refractivity contribution is 7.99. The lowest BCUT2D eigenvalue weighted by atomic mass is 10.1. The molecule has 96 valence electrons. The highest BCUT2D eigenvalue weighted by atomic mass is 35.5. The van der Waals surface area contributed by atoms with Gasteiger partial charge in [-0.15, -0.1) is 4.91 Å². The van der Waals surface area contributed by atoms with E-state index in [0.29, 0.717) is 15.5 Å². The van der Waals surface area contributed by atoms with Gasteiger partial charge in [0.2, 0.25) is 0 Å². The van der Waals surface area contributed by atoms with Crippen molar-refractivity contribution < 1.29 is 4.79 Å². The molecule has 0 aliphatic rings. The number of rotatable bonds is 4. The Bertz CT molecular complexity index is 626. The predicted octanol–water partition coefficient (Wildman–Crippen LogP) is 5.09. The van der Waals surface area contributed by atoms with Gasteiger partial charge < -0.3 is 0 Å². The molecule has 0 saturated heterocycles. The Kier molecular flexibility index (Phi) is 4.35. The summed E-state index contributed by atoms with van der Waals surface area (Å²) in [5, 5.41) is 3.62. The van der Waals surface area contributed by atoms with E-state index in [0.717, 1.165) is 4.90 Å². The third-order valence-corrected chi connectivity index (χ3v) is 3.90. The van der Waals surface area contributed by atoms with Crippen molar-refractivity contribution in [2.45, 2.75) is 16.7 Å². The molecule has 0 unspecified atom stereocenters. The van der Waals surface area contributed by atoms with Gasteiger partial charge in [0.15, 0.2) is 5.78 Å². The van der Waals surface area contributed by atoms with Gasteiger partial charge in [0.25, 0.3) is 0 Å². The number of benzene rings is 2. The Morgan fingerprint density at radius 2 is 1.84 bits per heavy atom. The van der Waals surface area contributed by atoms with E-state index in [9.17, 15) is 9.70 Å². The van der Waals surface area contributed by atoms with E-state index in [1.165, 1.54) is 18.7 Å². The van der Waals surface area contributed by atoms with Crippen LogP contribution in [0.2, 0.25) is 5.02 Å². The molecule has 2 rings (SSSR count). The third-order valence-electron chi connectivity index (χ3n) is 2.51. The number of nitrogens with zero attached hydrogens (tertiary/aromatic N) is 1. The zero-order valence-electron chi connectivity index (χ0n) is 10.1. The summed E-state index contributed by atoms with van der Waals surface area (Å²) in [6.07, 6.45) is 0. The van der Waals surface area contributed by atoms with Crippen LogP contribution in [0.5, 0.6) is 0 Å². The Labute approximate surface area is 120 Å². The molecule has 3 nitrogen and oxygen atoms in total. The maximum absolute atomic E-state index is 11.6. The normalized spacial score (nSPS) is 10.2. The fraction of sp³-hybridized carbons (Fsp3) is 0.0714. The minimum absolute atomic E-state index is 0.0954. The number of hydrogen-bond acceptors (Lipinski definition) is 4. The molecule has 0 amide bonds. The third kappa shape index (κ3) is 3.22. The molecule has 0 heterocycles. The largest absolute Gasteiger partial charge is 0.294 e. The van der Waals surface area contributed by atoms with Crippen LogP contribution in [0.1, 0.15) is 17.3 Å². The quantitative estimate of drug-likeness (QED) is 0.582. The van der Waals surface area contributed by atoms with Gasteiger partial charge in [-0.1, -0.05) is 35.5 Å². The molecule has 0 aliphatic heterocycles.